The molecule has 1 aliphatic rings. The van der Waals surface area contributed by atoms with Gasteiger partial charge in [0.15, 0.2) is 11.6 Å². The fourth-order valence-corrected chi connectivity index (χ4v) is 2.42. The lowest BCUT2D eigenvalue weighted by Crippen LogP contribution is -2.18. The van der Waals surface area contributed by atoms with Crippen LogP contribution in [0.4, 0.5) is 10.1 Å². The first-order valence-electron chi connectivity index (χ1n) is 6.39. The predicted molar refractivity (Wildman–Crippen MR) is 68.1 cm³/mol. The molecule has 1 fully saturated rings. The summed E-state index contributed by atoms with van der Waals surface area (Å²) in [7, 11) is 1.48. The molecule has 0 bridgehead atoms. The molecule has 0 atom stereocenters. The third kappa shape index (κ3) is 3.35. The zero-order valence-corrected chi connectivity index (χ0v) is 10.3. The van der Waals surface area contributed by atoms with Crippen molar-refractivity contribution in [3.63, 3.8) is 0 Å². The lowest BCUT2D eigenvalue weighted by Gasteiger charge is -2.18. The first kappa shape index (κ1) is 12.2. The van der Waals surface area contributed by atoms with Gasteiger partial charge in [0.25, 0.3) is 0 Å². The molecule has 0 aromatic heterocycles. The minimum atomic E-state index is -0.300. The number of benzene rings is 1. The van der Waals surface area contributed by atoms with Gasteiger partial charge in [-0.05, 0) is 25.0 Å². The van der Waals surface area contributed by atoms with Gasteiger partial charge in [-0.2, -0.15) is 0 Å². The molecule has 0 radical (unpaired) electrons. The lowest BCUT2D eigenvalue weighted by atomic mass is 10.1. The molecular formula is C14H20FNO. The quantitative estimate of drug-likeness (QED) is 0.803. The maximum atomic E-state index is 13.5. The molecule has 2 nitrogen and oxygen atoms in total. The Hall–Kier alpha value is -1.25. The van der Waals surface area contributed by atoms with Crippen LogP contribution in [0.1, 0.15) is 38.5 Å². The Bertz CT molecular complexity index is 359. The van der Waals surface area contributed by atoms with E-state index in [0.29, 0.717) is 11.8 Å². The van der Waals surface area contributed by atoms with Crippen molar-refractivity contribution in [3.8, 4) is 5.75 Å². The number of nitrogens with one attached hydrogen (secondary N) is 1. The summed E-state index contributed by atoms with van der Waals surface area (Å²) in [5.41, 5.74) is 0.857. The van der Waals surface area contributed by atoms with E-state index < -0.39 is 0 Å². The molecule has 17 heavy (non-hydrogen) atoms. The van der Waals surface area contributed by atoms with Crippen LogP contribution in [-0.4, -0.2) is 13.2 Å². The molecule has 2 rings (SSSR count). The van der Waals surface area contributed by atoms with E-state index in [1.807, 2.05) is 6.07 Å². The number of halogens is 1. The maximum absolute atomic E-state index is 13.5. The monoisotopic (exact) mass is 237 g/mol. The van der Waals surface area contributed by atoms with Gasteiger partial charge in [0.05, 0.1) is 7.11 Å². The van der Waals surface area contributed by atoms with E-state index in [9.17, 15) is 4.39 Å². The summed E-state index contributed by atoms with van der Waals surface area (Å²) in [6, 6.07) is 5.57. The topological polar surface area (TPSA) is 21.3 Å². The molecule has 0 unspecified atom stereocenters. The maximum Gasteiger partial charge on any atom is 0.167 e. The molecule has 1 N–H and O–H groups in total. The summed E-state index contributed by atoms with van der Waals surface area (Å²) < 4.78 is 18.4. The van der Waals surface area contributed by atoms with Gasteiger partial charge >= 0.3 is 0 Å². The van der Waals surface area contributed by atoms with E-state index >= 15 is 0 Å². The number of hydrogen-bond donors (Lipinski definition) is 1. The highest BCUT2D eigenvalue weighted by Crippen LogP contribution is 2.24. The van der Waals surface area contributed by atoms with Crippen molar-refractivity contribution < 1.29 is 9.13 Å². The zero-order chi connectivity index (χ0) is 12.1. The SMILES string of the molecule is COc1ccc(NC2CCCCCC2)cc1F. The van der Waals surface area contributed by atoms with Crippen molar-refractivity contribution in [2.75, 3.05) is 12.4 Å². The minimum absolute atomic E-state index is 0.300. The molecule has 3 heteroatoms. The second kappa shape index (κ2) is 5.89. The van der Waals surface area contributed by atoms with E-state index in [-0.39, 0.29) is 5.82 Å². The molecule has 1 aromatic rings. The van der Waals surface area contributed by atoms with Gasteiger partial charge in [0.2, 0.25) is 0 Å². The Morgan fingerprint density at radius 3 is 2.47 bits per heavy atom. The molecular weight excluding hydrogens is 217 g/mol. The zero-order valence-electron chi connectivity index (χ0n) is 10.3. The third-order valence-corrected chi connectivity index (χ3v) is 3.38. The van der Waals surface area contributed by atoms with E-state index in [4.69, 9.17) is 4.74 Å². The molecule has 94 valence electrons. The number of methoxy groups -OCH3 is 1. The van der Waals surface area contributed by atoms with Crippen LogP contribution in [0.25, 0.3) is 0 Å². The van der Waals surface area contributed by atoms with Crippen LogP contribution in [0, 0.1) is 5.82 Å². The van der Waals surface area contributed by atoms with E-state index in [0.717, 1.165) is 5.69 Å². The smallest absolute Gasteiger partial charge is 0.167 e. The lowest BCUT2D eigenvalue weighted by molar-refractivity contribution is 0.386. The second-order valence-corrected chi connectivity index (χ2v) is 4.68. The Morgan fingerprint density at radius 2 is 1.88 bits per heavy atom. The van der Waals surface area contributed by atoms with Crippen LogP contribution in [0.15, 0.2) is 18.2 Å². The average Bonchev–Trinajstić information content (AvgIpc) is 2.58. The van der Waals surface area contributed by atoms with Gasteiger partial charge in [-0.3, -0.25) is 0 Å². The summed E-state index contributed by atoms with van der Waals surface area (Å²) in [5.74, 6) is 0.00235. The Morgan fingerprint density at radius 1 is 1.18 bits per heavy atom. The van der Waals surface area contributed by atoms with Crippen LogP contribution in [-0.2, 0) is 0 Å². The first-order chi connectivity index (χ1) is 8.29. The molecule has 0 aliphatic heterocycles. The van der Waals surface area contributed by atoms with Gasteiger partial charge in [0, 0.05) is 17.8 Å². The van der Waals surface area contributed by atoms with Gasteiger partial charge in [-0.25, -0.2) is 4.39 Å². The van der Waals surface area contributed by atoms with Crippen molar-refractivity contribution in [1.82, 2.24) is 0 Å². The van der Waals surface area contributed by atoms with E-state index in [2.05, 4.69) is 5.32 Å². The van der Waals surface area contributed by atoms with Crippen LogP contribution >= 0.6 is 0 Å². The summed E-state index contributed by atoms with van der Waals surface area (Å²) in [6.07, 6.45) is 7.58. The highest BCUT2D eigenvalue weighted by atomic mass is 19.1. The standard InChI is InChI=1S/C14H20FNO/c1-17-14-9-8-12(10-13(14)15)16-11-6-4-2-3-5-7-11/h8-11,16H,2-7H2,1H3. The average molecular weight is 237 g/mol. The third-order valence-electron chi connectivity index (χ3n) is 3.38. The van der Waals surface area contributed by atoms with Crippen LogP contribution in [0.5, 0.6) is 5.75 Å². The van der Waals surface area contributed by atoms with Crippen molar-refractivity contribution in [2.45, 2.75) is 44.6 Å². The van der Waals surface area contributed by atoms with Crippen molar-refractivity contribution in [1.29, 1.82) is 0 Å². The van der Waals surface area contributed by atoms with Gasteiger partial charge in [-0.1, -0.05) is 25.7 Å². The molecule has 0 amide bonds. The number of rotatable bonds is 3. The molecule has 0 spiro atoms. The normalized spacial score (nSPS) is 17.5. The summed E-state index contributed by atoms with van der Waals surface area (Å²) in [4.78, 5) is 0. The number of ether oxygens (including phenoxy) is 1. The van der Waals surface area contributed by atoms with Crippen molar-refractivity contribution >= 4 is 5.69 Å². The van der Waals surface area contributed by atoms with Crippen LogP contribution < -0.4 is 10.1 Å². The van der Waals surface area contributed by atoms with Crippen LogP contribution in [0.3, 0.4) is 0 Å². The Balaban J connectivity index is 1.99. The summed E-state index contributed by atoms with van der Waals surface area (Å²) in [6.45, 7) is 0. The molecule has 0 saturated heterocycles. The molecule has 1 saturated carbocycles. The van der Waals surface area contributed by atoms with Crippen molar-refractivity contribution in [2.24, 2.45) is 0 Å². The first-order valence-corrected chi connectivity index (χ1v) is 6.39. The Kier molecular flexibility index (Phi) is 4.24. The predicted octanol–water partition coefficient (Wildman–Crippen LogP) is 3.97. The van der Waals surface area contributed by atoms with Gasteiger partial charge < -0.3 is 10.1 Å². The molecule has 0 heterocycles. The fraction of sp³-hybridized carbons (Fsp3) is 0.571. The molecule has 1 aromatic carbocycles. The second-order valence-electron chi connectivity index (χ2n) is 4.68. The highest BCUT2D eigenvalue weighted by Gasteiger charge is 2.12. The van der Waals surface area contributed by atoms with Crippen LogP contribution in [0.2, 0.25) is 0 Å². The van der Waals surface area contributed by atoms with E-state index in [1.54, 1.807) is 6.07 Å². The summed E-state index contributed by atoms with van der Waals surface area (Å²) in [5, 5.41) is 3.42. The fourth-order valence-electron chi connectivity index (χ4n) is 2.42. The van der Waals surface area contributed by atoms with Crippen molar-refractivity contribution in [3.05, 3.63) is 24.0 Å². The largest absolute Gasteiger partial charge is 0.494 e. The molecule has 1 aliphatic carbocycles. The highest BCUT2D eigenvalue weighted by molar-refractivity contribution is 5.48. The Labute approximate surface area is 102 Å². The summed E-state index contributed by atoms with van der Waals surface area (Å²) >= 11 is 0. The minimum Gasteiger partial charge on any atom is -0.494 e. The van der Waals surface area contributed by atoms with E-state index in [1.165, 1.54) is 51.7 Å². The van der Waals surface area contributed by atoms with Gasteiger partial charge in [-0.15, -0.1) is 0 Å². The number of hydrogen-bond acceptors (Lipinski definition) is 2. The van der Waals surface area contributed by atoms with Gasteiger partial charge in [0.1, 0.15) is 0 Å². The number of anilines is 1.